The summed E-state index contributed by atoms with van der Waals surface area (Å²) in [5.74, 6) is 0. The minimum absolute atomic E-state index is 0.544. The number of aromatic nitrogens is 1. The highest BCUT2D eigenvalue weighted by molar-refractivity contribution is 9.10. The van der Waals surface area contributed by atoms with Crippen LogP contribution >= 0.6 is 38.9 Å². The van der Waals surface area contributed by atoms with Crippen LogP contribution in [0.1, 0.15) is 0 Å². The van der Waals surface area contributed by atoms with Crippen molar-refractivity contribution in [1.82, 2.24) is 4.98 Å². The van der Waals surface area contributed by atoms with E-state index in [4.69, 9.17) is 17.3 Å². The first-order chi connectivity index (χ1) is 5.66. The molecule has 0 radical (unpaired) electrons. The first-order valence-electron chi connectivity index (χ1n) is 3.18. The first kappa shape index (κ1) is 8.29. The average molecular weight is 264 g/mol. The van der Waals surface area contributed by atoms with E-state index in [2.05, 4.69) is 20.9 Å². The zero-order valence-corrected chi connectivity index (χ0v) is 9.00. The molecule has 1 aromatic carbocycles. The Morgan fingerprint density at radius 2 is 2.25 bits per heavy atom. The number of nitrogens with two attached hydrogens (primary N) is 1. The molecule has 0 amide bonds. The zero-order chi connectivity index (χ0) is 8.72. The van der Waals surface area contributed by atoms with E-state index in [0.717, 1.165) is 14.7 Å². The Balaban J connectivity index is 2.83. The fourth-order valence-corrected chi connectivity index (χ4v) is 2.48. The highest BCUT2D eigenvalue weighted by Gasteiger charge is 2.04. The van der Waals surface area contributed by atoms with Crippen LogP contribution in [0.3, 0.4) is 0 Å². The molecule has 5 heteroatoms. The van der Waals surface area contributed by atoms with Gasteiger partial charge < -0.3 is 5.73 Å². The molecule has 62 valence electrons. The van der Waals surface area contributed by atoms with E-state index in [-0.39, 0.29) is 0 Å². The maximum absolute atomic E-state index is 5.74. The molecule has 0 bridgehead atoms. The molecule has 2 N–H and O–H groups in total. The normalized spacial score (nSPS) is 10.8. The van der Waals surface area contributed by atoms with Crippen molar-refractivity contribution in [2.75, 3.05) is 5.73 Å². The van der Waals surface area contributed by atoms with E-state index in [1.165, 1.54) is 11.3 Å². The SMILES string of the molecule is Nc1cc2nc(Cl)sc2cc1Br. The minimum Gasteiger partial charge on any atom is -0.398 e. The average Bonchev–Trinajstić information content (AvgIpc) is 2.30. The van der Waals surface area contributed by atoms with Crippen molar-refractivity contribution in [2.24, 2.45) is 0 Å². The Morgan fingerprint density at radius 1 is 1.50 bits per heavy atom. The van der Waals surface area contributed by atoms with Crippen LogP contribution in [0.5, 0.6) is 0 Å². The standard InChI is InChI=1S/C7H4BrClN2S/c8-3-1-6-5(2-4(3)10)11-7(9)12-6/h1-2H,10H2. The number of nitrogen functional groups attached to an aromatic ring is 1. The van der Waals surface area contributed by atoms with Crippen LogP contribution in [-0.4, -0.2) is 4.98 Å². The van der Waals surface area contributed by atoms with Crippen LogP contribution in [-0.2, 0) is 0 Å². The monoisotopic (exact) mass is 262 g/mol. The highest BCUT2D eigenvalue weighted by Crippen LogP contribution is 2.31. The van der Waals surface area contributed by atoms with Crippen molar-refractivity contribution in [2.45, 2.75) is 0 Å². The molecule has 2 rings (SSSR count). The highest BCUT2D eigenvalue weighted by atomic mass is 79.9. The van der Waals surface area contributed by atoms with Crippen molar-refractivity contribution in [3.8, 4) is 0 Å². The summed E-state index contributed by atoms with van der Waals surface area (Å²) >= 11 is 10.5. The molecule has 0 aliphatic carbocycles. The van der Waals surface area contributed by atoms with Crippen molar-refractivity contribution in [3.63, 3.8) is 0 Å². The van der Waals surface area contributed by atoms with Crippen molar-refractivity contribution in [1.29, 1.82) is 0 Å². The van der Waals surface area contributed by atoms with Gasteiger partial charge in [-0.15, -0.1) is 11.3 Å². The number of thiazole rings is 1. The van der Waals surface area contributed by atoms with E-state index >= 15 is 0 Å². The number of rotatable bonds is 0. The molecule has 12 heavy (non-hydrogen) atoms. The predicted octanol–water partition coefficient (Wildman–Crippen LogP) is 3.29. The molecule has 0 fully saturated rings. The van der Waals surface area contributed by atoms with E-state index in [9.17, 15) is 0 Å². The Kier molecular flexibility index (Phi) is 1.98. The van der Waals surface area contributed by atoms with E-state index in [1.54, 1.807) is 0 Å². The molecule has 0 aliphatic heterocycles. The van der Waals surface area contributed by atoms with E-state index in [1.807, 2.05) is 12.1 Å². The minimum atomic E-state index is 0.544. The summed E-state index contributed by atoms with van der Waals surface area (Å²) in [6.07, 6.45) is 0. The second-order valence-electron chi connectivity index (χ2n) is 2.31. The molecule has 1 aromatic heterocycles. The Labute approximate surface area is 86.5 Å². The summed E-state index contributed by atoms with van der Waals surface area (Å²) in [6, 6.07) is 3.73. The third kappa shape index (κ3) is 1.30. The molecule has 0 spiro atoms. The quantitative estimate of drug-likeness (QED) is 0.741. The molecule has 0 aliphatic rings. The molecular weight excluding hydrogens is 260 g/mol. The summed E-state index contributed by atoms with van der Waals surface area (Å²) in [4.78, 5) is 4.10. The lowest BCUT2D eigenvalue weighted by atomic mass is 10.3. The van der Waals surface area contributed by atoms with Gasteiger partial charge in [0.05, 0.1) is 10.2 Å². The van der Waals surface area contributed by atoms with Gasteiger partial charge in [0.1, 0.15) is 0 Å². The molecular formula is C7H4BrClN2S. The van der Waals surface area contributed by atoms with Crippen LogP contribution in [0.4, 0.5) is 5.69 Å². The first-order valence-corrected chi connectivity index (χ1v) is 5.16. The summed E-state index contributed by atoms with van der Waals surface area (Å²) in [5, 5.41) is 0. The molecule has 0 saturated carbocycles. The fourth-order valence-electron chi connectivity index (χ4n) is 0.937. The number of nitrogens with zero attached hydrogens (tertiary/aromatic N) is 1. The summed E-state index contributed by atoms with van der Waals surface area (Å²) in [7, 11) is 0. The van der Waals surface area contributed by atoms with Gasteiger partial charge in [-0.1, -0.05) is 11.6 Å². The van der Waals surface area contributed by atoms with Gasteiger partial charge in [-0.25, -0.2) is 4.98 Å². The fraction of sp³-hybridized carbons (Fsp3) is 0. The van der Waals surface area contributed by atoms with Crippen molar-refractivity contribution >= 4 is 54.8 Å². The van der Waals surface area contributed by atoms with Crippen LogP contribution in [0, 0.1) is 0 Å². The van der Waals surface area contributed by atoms with Gasteiger partial charge in [-0.05, 0) is 28.1 Å². The number of benzene rings is 1. The van der Waals surface area contributed by atoms with E-state index in [0.29, 0.717) is 10.2 Å². The maximum atomic E-state index is 5.74. The molecule has 0 unspecified atom stereocenters. The van der Waals surface area contributed by atoms with Crippen molar-refractivity contribution in [3.05, 3.63) is 21.1 Å². The molecule has 0 atom stereocenters. The number of hydrogen-bond donors (Lipinski definition) is 1. The van der Waals surface area contributed by atoms with Crippen LogP contribution in [0.2, 0.25) is 4.47 Å². The molecule has 1 heterocycles. The lowest BCUT2D eigenvalue weighted by Gasteiger charge is -1.95. The zero-order valence-electron chi connectivity index (χ0n) is 5.84. The van der Waals surface area contributed by atoms with Gasteiger partial charge in [-0.3, -0.25) is 0 Å². The molecule has 2 nitrogen and oxygen atoms in total. The second-order valence-corrected chi connectivity index (χ2v) is 4.78. The second kappa shape index (κ2) is 2.87. The number of fused-ring (bicyclic) bond motifs is 1. The summed E-state index contributed by atoms with van der Waals surface area (Å²) in [6.45, 7) is 0. The van der Waals surface area contributed by atoms with Crippen LogP contribution in [0.15, 0.2) is 16.6 Å². The summed E-state index contributed by atoms with van der Waals surface area (Å²) in [5.41, 5.74) is 7.21. The van der Waals surface area contributed by atoms with E-state index < -0.39 is 0 Å². The predicted molar refractivity (Wildman–Crippen MR) is 56.7 cm³/mol. The largest absolute Gasteiger partial charge is 0.398 e. The third-order valence-electron chi connectivity index (χ3n) is 1.48. The topological polar surface area (TPSA) is 38.9 Å². The number of hydrogen-bond acceptors (Lipinski definition) is 3. The smallest absolute Gasteiger partial charge is 0.184 e. The van der Waals surface area contributed by atoms with Gasteiger partial charge in [0.25, 0.3) is 0 Å². The van der Waals surface area contributed by atoms with Crippen molar-refractivity contribution < 1.29 is 0 Å². The van der Waals surface area contributed by atoms with Gasteiger partial charge >= 0.3 is 0 Å². The van der Waals surface area contributed by atoms with Gasteiger partial charge in [0, 0.05) is 10.2 Å². The van der Waals surface area contributed by atoms with Gasteiger partial charge in [-0.2, -0.15) is 0 Å². The van der Waals surface area contributed by atoms with Crippen LogP contribution < -0.4 is 5.73 Å². The van der Waals surface area contributed by atoms with Gasteiger partial charge in [0.2, 0.25) is 0 Å². The third-order valence-corrected chi connectivity index (χ3v) is 3.29. The molecule has 2 aromatic rings. The Hall–Kier alpha value is -0.320. The maximum Gasteiger partial charge on any atom is 0.184 e. The summed E-state index contributed by atoms with van der Waals surface area (Å²) < 4.78 is 2.47. The van der Waals surface area contributed by atoms with Crippen LogP contribution in [0.25, 0.3) is 10.2 Å². The number of anilines is 1. The van der Waals surface area contributed by atoms with Gasteiger partial charge in [0.15, 0.2) is 4.47 Å². The lowest BCUT2D eigenvalue weighted by Crippen LogP contribution is -1.85. The Morgan fingerprint density at radius 3 is 3.00 bits per heavy atom. The lowest BCUT2D eigenvalue weighted by molar-refractivity contribution is 1.49. The Bertz CT molecular complexity index is 401. The number of halogens is 2. The molecule has 0 saturated heterocycles.